The number of aryl methyl sites for hydroxylation is 1. The van der Waals surface area contributed by atoms with Gasteiger partial charge in [-0.2, -0.15) is 18.3 Å². The molecule has 158 valence electrons. The number of halogens is 4. The number of alkyl halides is 3. The molecular formula is C18H22ClF3N6O. The van der Waals surface area contributed by atoms with Gasteiger partial charge in [0.05, 0.1) is 12.6 Å². The quantitative estimate of drug-likeness (QED) is 0.666. The molecule has 4 rings (SSSR count). The summed E-state index contributed by atoms with van der Waals surface area (Å²) in [6.45, 7) is 2.18. The fourth-order valence-corrected chi connectivity index (χ4v) is 3.77. The lowest BCUT2D eigenvalue weighted by atomic mass is 9.80. The third kappa shape index (κ3) is 3.94. The van der Waals surface area contributed by atoms with Crippen molar-refractivity contribution in [1.29, 1.82) is 0 Å². The maximum absolute atomic E-state index is 13.2. The summed E-state index contributed by atoms with van der Waals surface area (Å²) in [7, 11) is 0. The molecule has 2 atom stereocenters. The van der Waals surface area contributed by atoms with E-state index in [0.717, 1.165) is 25.0 Å². The van der Waals surface area contributed by atoms with E-state index in [4.69, 9.17) is 22.1 Å². The molecule has 3 N–H and O–H groups in total. The first-order valence-electron chi connectivity index (χ1n) is 9.57. The summed E-state index contributed by atoms with van der Waals surface area (Å²) in [5.41, 5.74) is 5.99. The van der Waals surface area contributed by atoms with E-state index in [9.17, 15) is 13.2 Å². The topological polar surface area (TPSA) is 90.9 Å². The molecule has 2 aliphatic carbocycles. The third-order valence-corrected chi connectivity index (χ3v) is 5.91. The summed E-state index contributed by atoms with van der Waals surface area (Å²) in [4.78, 5) is 7.18. The van der Waals surface area contributed by atoms with E-state index in [2.05, 4.69) is 20.4 Å². The van der Waals surface area contributed by atoms with Crippen molar-refractivity contribution in [1.82, 2.24) is 19.7 Å². The Morgan fingerprint density at radius 2 is 2.07 bits per heavy atom. The van der Waals surface area contributed by atoms with E-state index < -0.39 is 11.7 Å². The molecule has 0 aromatic carbocycles. The molecule has 2 heterocycles. The molecule has 2 fully saturated rings. The fraction of sp³-hybridized carbons (Fsp3) is 0.611. The van der Waals surface area contributed by atoms with Crippen LogP contribution in [0.5, 0.6) is 5.75 Å². The zero-order chi connectivity index (χ0) is 20.8. The summed E-state index contributed by atoms with van der Waals surface area (Å²) in [5.74, 6) is 0.790. The van der Waals surface area contributed by atoms with Crippen LogP contribution in [0.1, 0.15) is 49.4 Å². The number of nitrogen functional groups attached to an aromatic ring is 1. The van der Waals surface area contributed by atoms with Crippen molar-refractivity contribution < 1.29 is 17.9 Å². The van der Waals surface area contributed by atoms with Crippen molar-refractivity contribution in [2.75, 3.05) is 17.7 Å². The zero-order valence-corrected chi connectivity index (χ0v) is 16.6. The second-order valence-corrected chi connectivity index (χ2v) is 7.97. The van der Waals surface area contributed by atoms with Crippen LogP contribution in [-0.4, -0.2) is 32.4 Å². The highest BCUT2D eigenvalue weighted by molar-refractivity contribution is 6.28. The summed E-state index contributed by atoms with van der Waals surface area (Å²) < 4.78 is 47.3. The van der Waals surface area contributed by atoms with Crippen molar-refractivity contribution >= 4 is 23.2 Å². The Morgan fingerprint density at radius 1 is 1.31 bits per heavy atom. The lowest BCUT2D eigenvalue weighted by Gasteiger charge is -2.37. The van der Waals surface area contributed by atoms with Crippen molar-refractivity contribution in [3.63, 3.8) is 0 Å². The first kappa shape index (κ1) is 20.1. The van der Waals surface area contributed by atoms with Crippen molar-refractivity contribution in [3.8, 4) is 5.75 Å². The Morgan fingerprint density at radius 3 is 2.66 bits per heavy atom. The van der Waals surface area contributed by atoms with Gasteiger partial charge in [0.25, 0.3) is 0 Å². The summed E-state index contributed by atoms with van der Waals surface area (Å²) in [6.07, 6.45) is 0.952. The summed E-state index contributed by atoms with van der Waals surface area (Å²) in [6, 6.07) is 0.123. The normalized spacial score (nSPS) is 22.1. The van der Waals surface area contributed by atoms with Crippen LogP contribution in [0.2, 0.25) is 5.28 Å². The third-order valence-electron chi connectivity index (χ3n) is 5.73. The zero-order valence-electron chi connectivity index (χ0n) is 15.8. The van der Waals surface area contributed by atoms with Gasteiger partial charge in [-0.3, -0.25) is 0 Å². The molecule has 2 saturated carbocycles. The van der Waals surface area contributed by atoms with Crippen LogP contribution in [0.15, 0.2) is 6.20 Å². The number of nitrogens with one attached hydrogen (secondary N) is 1. The standard InChI is InChI=1S/C18H22ClF3N6O/c1-9-14(15(23)28(27-9)11-3-2-4-11)29-8-10-5-6-13(10)25-16-12(18(20,21)22)7-24-17(19)26-16/h7,10-11,13H,2-6,8,23H2,1H3,(H,24,25,26)/t10-,13+/m0/s1. The van der Waals surface area contributed by atoms with Gasteiger partial charge in [-0.1, -0.05) is 0 Å². The van der Waals surface area contributed by atoms with Gasteiger partial charge in [0, 0.05) is 18.2 Å². The van der Waals surface area contributed by atoms with Gasteiger partial charge >= 0.3 is 6.18 Å². The molecule has 2 aliphatic rings. The van der Waals surface area contributed by atoms with E-state index in [-0.39, 0.29) is 23.1 Å². The summed E-state index contributed by atoms with van der Waals surface area (Å²) >= 11 is 5.69. The van der Waals surface area contributed by atoms with E-state index in [1.54, 1.807) is 0 Å². The van der Waals surface area contributed by atoms with Crippen LogP contribution >= 0.6 is 11.6 Å². The minimum atomic E-state index is -4.57. The number of rotatable bonds is 6. The number of hydrogen-bond acceptors (Lipinski definition) is 6. The Bertz CT molecular complexity index is 898. The van der Waals surface area contributed by atoms with Gasteiger partial charge in [0.2, 0.25) is 5.28 Å². The van der Waals surface area contributed by atoms with Crippen LogP contribution in [0.3, 0.4) is 0 Å². The Balaban J connectivity index is 1.41. The van der Waals surface area contributed by atoms with Gasteiger partial charge in [-0.25, -0.2) is 14.6 Å². The highest BCUT2D eigenvalue weighted by Crippen LogP contribution is 2.39. The highest BCUT2D eigenvalue weighted by Gasteiger charge is 2.38. The van der Waals surface area contributed by atoms with E-state index in [0.29, 0.717) is 36.8 Å². The van der Waals surface area contributed by atoms with Crippen LogP contribution in [0.25, 0.3) is 0 Å². The van der Waals surface area contributed by atoms with Crippen LogP contribution in [0, 0.1) is 12.8 Å². The molecule has 7 nitrogen and oxygen atoms in total. The number of aromatic nitrogens is 4. The van der Waals surface area contributed by atoms with Gasteiger partial charge < -0.3 is 15.8 Å². The number of nitrogens with zero attached hydrogens (tertiary/aromatic N) is 4. The molecule has 29 heavy (non-hydrogen) atoms. The molecule has 2 aromatic heterocycles. The average Bonchev–Trinajstić information content (AvgIpc) is 2.84. The SMILES string of the molecule is Cc1nn(C2CCC2)c(N)c1OC[C@@H]1CC[C@H]1Nc1nc(Cl)ncc1C(F)(F)F. The second kappa shape index (κ2) is 7.55. The highest BCUT2D eigenvalue weighted by atomic mass is 35.5. The lowest BCUT2D eigenvalue weighted by molar-refractivity contribution is -0.137. The average molecular weight is 431 g/mol. The van der Waals surface area contributed by atoms with Crippen LogP contribution < -0.4 is 15.8 Å². The molecule has 0 unspecified atom stereocenters. The molecule has 0 spiro atoms. The van der Waals surface area contributed by atoms with E-state index >= 15 is 0 Å². The molecule has 0 aliphatic heterocycles. The Labute approximate surface area is 170 Å². The predicted octanol–water partition coefficient (Wildman–Crippen LogP) is 4.23. The Hall–Kier alpha value is -2.23. The first-order valence-corrected chi connectivity index (χ1v) is 9.95. The number of hydrogen-bond donors (Lipinski definition) is 2. The maximum Gasteiger partial charge on any atom is 0.421 e. The maximum atomic E-state index is 13.2. The number of ether oxygens (including phenoxy) is 1. The molecule has 0 radical (unpaired) electrons. The molecule has 0 saturated heterocycles. The second-order valence-electron chi connectivity index (χ2n) is 7.63. The van der Waals surface area contributed by atoms with Gasteiger partial charge in [0.1, 0.15) is 17.1 Å². The minimum absolute atomic E-state index is 0.0238. The minimum Gasteiger partial charge on any atom is -0.487 e. The van der Waals surface area contributed by atoms with E-state index in [1.807, 2.05) is 11.6 Å². The Kier molecular flexibility index (Phi) is 5.22. The van der Waals surface area contributed by atoms with Gasteiger partial charge in [0.15, 0.2) is 11.6 Å². The molecular weight excluding hydrogens is 409 g/mol. The summed E-state index contributed by atoms with van der Waals surface area (Å²) in [5, 5.41) is 7.11. The van der Waals surface area contributed by atoms with Crippen LogP contribution in [-0.2, 0) is 6.18 Å². The monoisotopic (exact) mass is 430 g/mol. The largest absolute Gasteiger partial charge is 0.487 e. The van der Waals surface area contributed by atoms with Crippen molar-refractivity contribution in [2.45, 2.75) is 57.3 Å². The first-order chi connectivity index (χ1) is 13.7. The van der Waals surface area contributed by atoms with E-state index in [1.165, 1.54) is 6.42 Å². The number of anilines is 2. The predicted molar refractivity (Wildman–Crippen MR) is 102 cm³/mol. The van der Waals surface area contributed by atoms with Crippen molar-refractivity contribution in [3.05, 3.63) is 22.7 Å². The molecule has 2 aromatic rings. The van der Waals surface area contributed by atoms with Gasteiger partial charge in [-0.15, -0.1) is 0 Å². The van der Waals surface area contributed by atoms with Crippen molar-refractivity contribution in [2.24, 2.45) is 5.92 Å². The van der Waals surface area contributed by atoms with Crippen LogP contribution in [0.4, 0.5) is 24.8 Å². The molecule has 0 bridgehead atoms. The smallest absolute Gasteiger partial charge is 0.421 e. The number of nitrogens with two attached hydrogens (primary N) is 1. The fourth-order valence-electron chi connectivity index (χ4n) is 3.64. The molecule has 11 heteroatoms. The lowest BCUT2D eigenvalue weighted by Crippen LogP contribution is -2.42. The molecule has 0 amide bonds. The van der Waals surface area contributed by atoms with Gasteiger partial charge in [-0.05, 0) is 50.6 Å².